The lowest BCUT2D eigenvalue weighted by Crippen LogP contribution is -2.37. The van der Waals surface area contributed by atoms with Gasteiger partial charge in [-0.15, -0.1) is 0 Å². The number of rotatable bonds is 6. The Labute approximate surface area is 146 Å². The van der Waals surface area contributed by atoms with E-state index in [0.29, 0.717) is 16.9 Å². The summed E-state index contributed by atoms with van der Waals surface area (Å²) in [4.78, 5) is 13.9. The molecule has 1 atom stereocenters. The van der Waals surface area contributed by atoms with E-state index >= 15 is 0 Å². The monoisotopic (exact) mass is 342 g/mol. The van der Waals surface area contributed by atoms with E-state index in [1.54, 1.807) is 44.3 Å². The molecule has 0 saturated heterocycles. The molecule has 0 heterocycles. The molecule has 0 aliphatic carbocycles. The largest absolute Gasteiger partial charge is 0.494 e. The number of ether oxygens (including phenoxy) is 2. The first-order valence-electron chi connectivity index (χ1n) is 7.68. The molecule has 0 aliphatic heterocycles. The van der Waals surface area contributed by atoms with Gasteiger partial charge < -0.3 is 14.4 Å². The van der Waals surface area contributed by atoms with Crippen LogP contribution in [0.2, 0.25) is 0 Å². The lowest BCUT2D eigenvalue weighted by molar-refractivity contribution is -0.137. The zero-order valence-corrected chi connectivity index (χ0v) is 14.3. The standard InChI is InChI=1S/C19H19FN2O3/c1-13(25-16-7-4-14(11-21)5-8-16)19(23)22(2)12-15-6-9-18(24-3)17(20)10-15/h4-10,13H,12H2,1-3H3/t13-/m0/s1. The van der Waals surface area contributed by atoms with Gasteiger partial charge in [0.15, 0.2) is 17.7 Å². The van der Waals surface area contributed by atoms with E-state index in [0.717, 1.165) is 0 Å². The summed E-state index contributed by atoms with van der Waals surface area (Å²) < 4.78 is 24.2. The molecular weight excluding hydrogens is 323 g/mol. The van der Waals surface area contributed by atoms with Crippen LogP contribution in [0.15, 0.2) is 42.5 Å². The molecular formula is C19H19FN2O3. The third-order valence-corrected chi connectivity index (χ3v) is 3.66. The molecule has 1 amide bonds. The van der Waals surface area contributed by atoms with Crippen molar-refractivity contribution >= 4 is 5.91 Å². The highest BCUT2D eigenvalue weighted by Gasteiger charge is 2.19. The summed E-state index contributed by atoms with van der Waals surface area (Å²) in [7, 11) is 3.03. The predicted molar refractivity (Wildman–Crippen MR) is 90.7 cm³/mol. The molecule has 2 aromatic carbocycles. The van der Waals surface area contributed by atoms with Gasteiger partial charge in [0.25, 0.3) is 5.91 Å². The van der Waals surface area contributed by atoms with Crippen LogP contribution in [0.25, 0.3) is 0 Å². The van der Waals surface area contributed by atoms with E-state index < -0.39 is 11.9 Å². The zero-order chi connectivity index (χ0) is 18.4. The summed E-state index contributed by atoms with van der Waals surface area (Å²) in [5, 5.41) is 8.78. The minimum absolute atomic E-state index is 0.162. The van der Waals surface area contributed by atoms with Crippen LogP contribution in [0.3, 0.4) is 0 Å². The SMILES string of the molecule is COc1ccc(CN(C)C(=O)[C@H](C)Oc2ccc(C#N)cc2)cc1F. The molecule has 0 aromatic heterocycles. The van der Waals surface area contributed by atoms with Crippen LogP contribution in [0.4, 0.5) is 4.39 Å². The zero-order valence-electron chi connectivity index (χ0n) is 14.3. The molecule has 0 bridgehead atoms. The molecule has 130 valence electrons. The number of carbonyl (C=O) groups is 1. The fourth-order valence-electron chi connectivity index (χ4n) is 2.33. The first kappa shape index (κ1) is 18.3. The number of nitriles is 1. The second-order valence-electron chi connectivity index (χ2n) is 5.56. The van der Waals surface area contributed by atoms with Crippen molar-refractivity contribution in [2.75, 3.05) is 14.2 Å². The van der Waals surface area contributed by atoms with Gasteiger partial charge in [-0.2, -0.15) is 5.26 Å². The van der Waals surface area contributed by atoms with Crippen LogP contribution < -0.4 is 9.47 Å². The highest BCUT2D eigenvalue weighted by molar-refractivity contribution is 5.80. The maximum atomic E-state index is 13.7. The van der Waals surface area contributed by atoms with Gasteiger partial charge in [0.05, 0.1) is 18.7 Å². The number of likely N-dealkylation sites (N-methyl/N-ethyl adjacent to an activating group) is 1. The van der Waals surface area contributed by atoms with Crippen LogP contribution in [0, 0.1) is 17.1 Å². The molecule has 0 saturated carbocycles. The van der Waals surface area contributed by atoms with Gasteiger partial charge in [0, 0.05) is 13.6 Å². The molecule has 2 aromatic rings. The Morgan fingerprint density at radius 2 is 1.96 bits per heavy atom. The first-order valence-corrected chi connectivity index (χ1v) is 7.68. The molecule has 6 heteroatoms. The fraction of sp³-hybridized carbons (Fsp3) is 0.263. The number of nitrogens with zero attached hydrogens (tertiary/aromatic N) is 2. The fourth-order valence-corrected chi connectivity index (χ4v) is 2.33. The van der Waals surface area contributed by atoms with Crippen molar-refractivity contribution in [3.05, 3.63) is 59.4 Å². The quantitative estimate of drug-likeness (QED) is 0.809. The molecule has 0 radical (unpaired) electrons. The molecule has 0 unspecified atom stereocenters. The average molecular weight is 342 g/mol. The van der Waals surface area contributed by atoms with E-state index in [1.165, 1.54) is 24.1 Å². The van der Waals surface area contributed by atoms with Gasteiger partial charge in [-0.3, -0.25) is 4.79 Å². The summed E-state index contributed by atoms with van der Waals surface area (Å²) in [6.07, 6.45) is -0.707. The molecule has 0 N–H and O–H groups in total. The van der Waals surface area contributed by atoms with Crippen molar-refractivity contribution in [3.63, 3.8) is 0 Å². The molecule has 25 heavy (non-hydrogen) atoms. The van der Waals surface area contributed by atoms with E-state index in [9.17, 15) is 9.18 Å². The Hall–Kier alpha value is -3.07. The molecule has 0 spiro atoms. The smallest absolute Gasteiger partial charge is 0.263 e. The van der Waals surface area contributed by atoms with Crippen molar-refractivity contribution in [3.8, 4) is 17.6 Å². The Kier molecular flexibility index (Phi) is 5.96. The molecule has 2 rings (SSSR count). The van der Waals surface area contributed by atoms with Crippen LogP contribution >= 0.6 is 0 Å². The Morgan fingerprint density at radius 1 is 1.28 bits per heavy atom. The van der Waals surface area contributed by atoms with Gasteiger partial charge in [0.1, 0.15) is 5.75 Å². The highest BCUT2D eigenvalue weighted by atomic mass is 19.1. The molecule has 0 aliphatic rings. The number of carbonyl (C=O) groups excluding carboxylic acids is 1. The molecule has 0 fully saturated rings. The van der Waals surface area contributed by atoms with Crippen LogP contribution in [0.5, 0.6) is 11.5 Å². The average Bonchev–Trinajstić information content (AvgIpc) is 2.61. The van der Waals surface area contributed by atoms with Crippen molar-refractivity contribution < 1.29 is 18.7 Å². The van der Waals surface area contributed by atoms with Gasteiger partial charge in [-0.05, 0) is 48.9 Å². The van der Waals surface area contributed by atoms with Gasteiger partial charge >= 0.3 is 0 Å². The summed E-state index contributed by atoms with van der Waals surface area (Å²) in [6, 6.07) is 13.1. The number of hydrogen-bond donors (Lipinski definition) is 0. The van der Waals surface area contributed by atoms with Crippen molar-refractivity contribution in [2.24, 2.45) is 0 Å². The van der Waals surface area contributed by atoms with Crippen molar-refractivity contribution in [1.29, 1.82) is 5.26 Å². The minimum Gasteiger partial charge on any atom is -0.494 e. The number of halogens is 1. The second-order valence-corrected chi connectivity index (χ2v) is 5.56. The van der Waals surface area contributed by atoms with Crippen LogP contribution in [-0.4, -0.2) is 31.1 Å². The van der Waals surface area contributed by atoms with E-state index in [2.05, 4.69) is 0 Å². The Bertz CT molecular complexity index is 784. The number of hydrogen-bond acceptors (Lipinski definition) is 4. The maximum Gasteiger partial charge on any atom is 0.263 e. The van der Waals surface area contributed by atoms with Gasteiger partial charge in [0.2, 0.25) is 0 Å². The maximum absolute atomic E-state index is 13.7. The van der Waals surface area contributed by atoms with E-state index in [1.807, 2.05) is 6.07 Å². The first-order chi connectivity index (χ1) is 11.9. The normalized spacial score (nSPS) is 11.3. The number of methoxy groups -OCH3 is 1. The van der Waals surface area contributed by atoms with E-state index in [-0.39, 0.29) is 18.2 Å². The number of benzene rings is 2. The lowest BCUT2D eigenvalue weighted by atomic mass is 10.2. The topological polar surface area (TPSA) is 62.6 Å². The summed E-state index contributed by atoms with van der Waals surface area (Å²) >= 11 is 0. The van der Waals surface area contributed by atoms with Crippen molar-refractivity contribution in [1.82, 2.24) is 4.90 Å². The molecule has 5 nitrogen and oxygen atoms in total. The number of amides is 1. The van der Waals surface area contributed by atoms with Crippen LogP contribution in [-0.2, 0) is 11.3 Å². The third kappa shape index (κ3) is 4.70. The summed E-state index contributed by atoms with van der Waals surface area (Å²) in [6.45, 7) is 1.90. The third-order valence-electron chi connectivity index (χ3n) is 3.66. The minimum atomic E-state index is -0.707. The van der Waals surface area contributed by atoms with Crippen molar-refractivity contribution in [2.45, 2.75) is 19.6 Å². The lowest BCUT2D eigenvalue weighted by Gasteiger charge is -2.22. The summed E-state index contributed by atoms with van der Waals surface area (Å²) in [5.74, 6) is -0.0395. The Balaban J connectivity index is 1.98. The van der Waals surface area contributed by atoms with Gasteiger partial charge in [-0.1, -0.05) is 6.07 Å². The Morgan fingerprint density at radius 3 is 2.52 bits per heavy atom. The second kappa shape index (κ2) is 8.15. The van der Waals surface area contributed by atoms with E-state index in [4.69, 9.17) is 14.7 Å². The van der Waals surface area contributed by atoms with Gasteiger partial charge in [-0.25, -0.2) is 4.39 Å². The highest BCUT2D eigenvalue weighted by Crippen LogP contribution is 2.19. The van der Waals surface area contributed by atoms with Crippen LogP contribution in [0.1, 0.15) is 18.1 Å². The predicted octanol–water partition coefficient (Wildman–Crippen LogP) is 3.13. The summed E-state index contributed by atoms with van der Waals surface area (Å²) in [5.41, 5.74) is 1.17.